The number of rotatable bonds is 5. The van der Waals surface area contributed by atoms with E-state index in [9.17, 15) is 4.79 Å². The molecule has 3 N–H and O–H groups in total. The number of nitrogens with two attached hydrogens (primary N) is 1. The van der Waals surface area contributed by atoms with Crippen LogP contribution in [0.3, 0.4) is 0 Å². The Kier molecular flexibility index (Phi) is 6.84. The molecule has 1 aliphatic carbocycles. The molecule has 0 radical (unpaired) electrons. The molecule has 138 valence electrons. The summed E-state index contributed by atoms with van der Waals surface area (Å²) in [5, 5.41) is 5.44. The van der Waals surface area contributed by atoms with Gasteiger partial charge in [0, 0.05) is 11.3 Å². The fourth-order valence-corrected chi connectivity index (χ4v) is 3.88. The van der Waals surface area contributed by atoms with Crippen LogP contribution in [-0.2, 0) is 4.79 Å². The van der Waals surface area contributed by atoms with Crippen LogP contribution in [-0.4, -0.2) is 18.0 Å². The zero-order valence-corrected chi connectivity index (χ0v) is 15.8. The number of carbonyl (C=O) groups excluding carboxylic acids is 1. The fourth-order valence-electron chi connectivity index (χ4n) is 3.88. The molecule has 3 rings (SSSR count). The molecule has 26 heavy (non-hydrogen) atoms. The molecule has 2 aromatic carbocycles. The predicted octanol–water partition coefficient (Wildman–Crippen LogP) is 4.36. The van der Waals surface area contributed by atoms with Gasteiger partial charge in [-0.1, -0.05) is 67.8 Å². The maximum atomic E-state index is 12.8. The molecule has 0 bridgehead atoms. The van der Waals surface area contributed by atoms with Crippen LogP contribution < -0.4 is 10.6 Å². The molecule has 1 aliphatic rings. The Balaban J connectivity index is 1.64. The van der Waals surface area contributed by atoms with Gasteiger partial charge in [-0.25, -0.2) is 0 Å². The highest BCUT2D eigenvalue weighted by atomic mass is 16.2. The summed E-state index contributed by atoms with van der Waals surface area (Å²) in [6, 6.07) is 18.8. The van der Waals surface area contributed by atoms with Gasteiger partial charge in [0.15, 0.2) is 6.04 Å². The zero-order chi connectivity index (χ0) is 18.2. The van der Waals surface area contributed by atoms with E-state index in [0.29, 0.717) is 6.04 Å². The van der Waals surface area contributed by atoms with Gasteiger partial charge in [0.05, 0.1) is 6.04 Å². The minimum atomic E-state index is -0.0664. The van der Waals surface area contributed by atoms with Crippen molar-refractivity contribution >= 4 is 11.6 Å². The molecule has 1 fully saturated rings. The van der Waals surface area contributed by atoms with E-state index in [4.69, 9.17) is 0 Å². The van der Waals surface area contributed by atoms with Crippen LogP contribution in [0.2, 0.25) is 0 Å². The van der Waals surface area contributed by atoms with Crippen LogP contribution in [0.25, 0.3) is 11.1 Å². The second-order valence-electron chi connectivity index (χ2n) is 7.49. The monoisotopic (exact) mass is 351 g/mol. The fraction of sp³-hybridized carbons (Fsp3) is 0.435. The Hall–Kier alpha value is -2.13. The van der Waals surface area contributed by atoms with Gasteiger partial charge >= 0.3 is 0 Å². The smallest absolute Gasteiger partial charge is 0.282 e. The SMILES string of the molecule is C[C@@H]([NH2+]C1CCCCCCC1)C(=O)Nc1ccccc1-c1ccccc1. The molecule has 3 nitrogen and oxygen atoms in total. The van der Waals surface area contributed by atoms with Gasteiger partial charge in [0.1, 0.15) is 0 Å². The normalized spacial score (nSPS) is 17.1. The van der Waals surface area contributed by atoms with E-state index in [1.165, 1.54) is 44.9 Å². The van der Waals surface area contributed by atoms with Crippen LogP contribution in [0.1, 0.15) is 51.9 Å². The molecule has 0 aromatic heterocycles. The number of anilines is 1. The first-order chi connectivity index (χ1) is 12.7. The van der Waals surface area contributed by atoms with Crippen molar-refractivity contribution in [2.45, 2.75) is 64.0 Å². The topological polar surface area (TPSA) is 45.7 Å². The Morgan fingerprint density at radius 2 is 1.54 bits per heavy atom. The van der Waals surface area contributed by atoms with Crippen molar-refractivity contribution in [3.8, 4) is 11.1 Å². The van der Waals surface area contributed by atoms with Crippen molar-refractivity contribution in [2.75, 3.05) is 5.32 Å². The zero-order valence-electron chi connectivity index (χ0n) is 15.8. The summed E-state index contributed by atoms with van der Waals surface area (Å²) in [5.74, 6) is 0.0930. The van der Waals surface area contributed by atoms with Gasteiger partial charge in [0.25, 0.3) is 5.91 Å². The standard InChI is InChI=1S/C23H30N2O/c1-18(24-20-14-8-3-2-4-9-15-20)23(26)25-22-17-11-10-16-21(22)19-12-6-5-7-13-19/h5-7,10-13,16-18,20,24H,2-4,8-9,14-15H2,1H3,(H,25,26)/p+1/t18-/m1/s1. The van der Waals surface area contributed by atoms with E-state index in [-0.39, 0.29) is 11.9 Å². The van der Waals surface area contributed by atoms with Crippen LogP contribution in [0, 0.1) is 0 Å². The summed E-state index contributed by atoms with van der Waals surface area (Å²) < 4.78 is 0. The molecule has 1 atom stereocenters. The molecule has 1 saturated carbocycles. The number of benzene rings is 2. The van der Waals surface area contributed by atoms with Crippen molar-refractivity contribution in [2.24, 2.45) is 0 Å². The van der Waals surface area contributed by atoms with E-state index >= 15 is 0 Å². The first-order valence-electron chi connectivity index (χ1n) is 10.0. The van der Waals surface area contributed by atoms with Gasteiger partial charge in [-0.2, -0.15) is 0 Å². The summed E-state index contributed by atoms with van der Waals surface area (Å²) in [7, 11) is 0. The van der Waals surface area contributed by atoms with Crippen molar-refractivity contribution in [1.82, 2.24) is 0 Å². The van der Waals surface area contributed by atoms with E-state index in [1.54, 1.807) is 0 Å². The van der Waals surface area contributed by atoms with Crippen molar-refractivity contribution in [1.29, 1.82) is 0 Å². The first-order valence-corrected chi connectivity index (χ1v) is 10.0. The number of para-hydroxylation sites is 1. The van der Waals surface area contributed by atoms with Gasteiger partial charge in [-0.15, -0.1) is 0 Å². The molecule has 0 heterocycles. The maximum absolute atomic E-state index is 12.8. The molecule has 0 spiro atoms. The van der Waals surface area contributed by atoms with Crippen LogP contribution >= 0.6 is 0 Å². The summed E-state index contributed by atoms with van der Waals surface area (Å²) in [5.41, 5.74) is 3.08. The summed E-state index contributed by atoms with van der Waals surface area (Å²) in [6.07, 6.45) is 9.12. The van der Waals surface area contributed by atoms with E-state index in [1.807, 2.05) is 43.3 Å². The van der Waals surface area contributed by atoms with E-state index in [2.05, 4.69) is 28.8 Å². The molecule has 3 heteroatoms. The van der Waals surface area contributed by atoms with E-state index in [0.717, 1.165) is 16.8 Å². The first kappa shape index (κ1) is 18.7. The average molecular weight is 352 g/mol. The second kappa shape index (κ2) is 9.54. The number of carbonyl (C=O) groups is 1. The molecular formula is C23H31N2O+. The lowest BCUT2D eigenvalue weighted by atomic mass is 9.96. The Labute approximate surface area is 157 Å². The minimum Gasteiger partial charge on any atom is -0.334 e. The maximum Gasteiger partial charge on any atom is 0.282 e. The van der Waals surface area contributed by atoms with Crippen LogP contribution in [0.5, 0.6) is 0 Å². The third kappa shape index (κ3) is 5.18. The van der Waals surface area contributed by atoms with Crippen LogP contribution in [0.4, 0.5) is 5.69 Å². The van der Waals surface area contributed by atoms with Gasteiger partial charge in [-0.3, -0.25) is 4.79 Å². The Morgan fingerprint density at radius 1 is 0.923 bits per heavy atom. The van der Waals surface area contributed by atoms with Crippen molar-refractivity contribution in [3.63, 3.8) is 0 Å². The third-order valence-electron chi connectivity index (χ3n) is 5.39. The average Bonchev–Trinajstić information content (AvgIpc) is 2.65. The van der Waals surface area contributed by atoms with Gasteiger partial charge in [-0.05, 0) is 44.2 Å². The lowest BCUT2D eigenvalue weighted by molar-refractivity contribution is -0.707. The summed E-state index contributed by atoms with van der Waals surface area (Å²) in [4.78, 5) is 12.8. The lowest BCUT2D eigenvalue weighted by Crippen LogP contribution is -2.96. The number of nitrogens with one attached hydrogen (secondary N) is 1. The molecule has 2 aromatic rings. The molecule has 0 aliphatic heterocycles. The quantitative estimate of drug-likeness (QED) is 0.826. The van der Waals surface area contributed by atoms with Crippen LogP contribution in [0.15, 0.2) is 54.6 Å². The largest absolute Gasteiger partial charge is 0.334 e. The Morgan fingerprint density at radius 3 is 2.27 bits per heavy atom. The van der Waals surface area contributed by atoms with Gasteiger partial charge in [0.2, 0.25) is 0 Å². The highest BCUT2D eigenvalue weighted by Gasteiger charge is 2.23. The number of amides is 1. The predicted molar refractivity (Wildman–Crippen MR) is 108 cm³/mol. The van der Waals surface area contributed by atoms with Crippen molar-refractivity contribution in [3.05, 3.63) is 54.6 Å². The number of hydrogen-bond acceptors (Lipinski definition) is 1. The highest BCUT2D eigenvalue weighted by molar-refractivity contribution is 5.97. The molecular weight excluding hydrogens is 320 g/mol. The minimum absolute atomic E-state index is 0.0664. The van der Waals surface area contributed by atoms with Crippen molar-refractivity contribution < 1.29 is 10.1 Å². The molecule has 1 amide bonds. The number of quaternary nitrogens is 1. The lowest BCUT2D eigenvalue weighted by Gasteiger charge is -2.22. The van der Waals surface area contributed by atoms with E-state index < -0.39 is 0 Å². The highest BCUT2D eigenvalue weighted by Crippen LogP contribution is 2.27. The summed E-state index contributed by atoms with van der Waals surface area (Å²) >= 11 is 0. The van der Waals surface area contributed by atoms with Gasteiger partial charge < -0.3 is 10.6 Å². The Bertz CT molecular complexity index is 690. The molecule has 0 saturated heterocycles. The second-order valence-corrected chi connectivity index (χ2v) is 7.49. The molecule has 0 unspecified atom stereocenters. The summed E-state index contributed by atoms with van der Waals surface area (Å²) in [6.45, 7) is 2.03. The number of hydrogen-bond donors (Lipinski definition) is 2. The third-order valence-corrected chi connectivity index (χ3v) is 5.39.